The zero-order valence-corrected chi connectivity index (χ0v) is 19.6. The molecule has 0 saturated carbocycles. The smallest absolute Gasteiger partial charge is 0.330 e. The van der Waals surface area contributed by atoms with E-state index in [2.05, 4.69) is 25.7 Å². The summed E-state index contributed by atoms with van der Waals surface area (Å²) in [6, 6.07) is 0. The van der Waals surface area contributed by atoms with Crippen LogP contribution < -0.4 is 0 Å². The fourth-order valence-electron chi connectivity index (χ4n) is 4.52. The number of carbonyl (C=O) groups excluding carboxylic acids is 1. The number of aliphatic hydroxyl groups excluding tert-OH is 1. The maximum absolute atomic E-state index is 12.5. The molecule has 1 fully saturated rings. The van der Waals surface area contributed by atoms with Gasteiger partial charge in [-0.1, -0.05) is 49.5 Å². The number of carbonyl (C=O) groups is 1. The molecular formula is C26H38O6. The second-order valence-electron chi connectivity index (χ2n) is 9.67. The molecule has 6 heteroatoms. The van der Waals surface area contributed by atoms with E-state index in [-0.39, 0.29) is 18.3 Å². The fraction of sp³-hybridized carbons (Fsp3) is 0.654. The largest absolute Gasteiger partial charge is 0.456 e. The fourth-order valence-corrected chi connectivity index (χ4v) is 4.52. The molecular weight excluding hydrogens is 408 g/mol. The predicted molar refractivity (Wildman–Crippen MR) is 123 cm³/mol. The molecule has 0 radical (unpaired) electrons. The third kappa shape index (κ3) is 8.00. The predicted octanol–water partition coefficient (Wildman–Crippen LogP) is 4.39. The highest BCUT2D eigenvalue weighted by Crippen LogP contribution is 2.28. The van der Waals surface area contributed by atoms with E-state index in [0.717, 1.165) is 24.8 Å². The van der Waals surface area contributed by atoms with Crippen molar-refractivity contribution >= 4 is 5.97 Å². The number of ether oxygens (including phenoxy) is 4. The van der Waals surface area contributed by atoms with Crippen molar-refractivity contribution in [2.75, 3.05) is 6.61 Å². The van der Waals surface area contributed by atoms with Gasteiger partial charge < -0.3 is 24.1 Å². The molecule has 0 amide bonds. The first-order valence-electron chi connectivity index (χ1n) is 11.7. The number of hydrogen-bond acceptors (Lipinski definition) is 6. The highest BCUT2D eigenvalue weighted by Gasteiger charge is 2.38. The average molecular weight is 447 g/mol. The van der Waals surface area contributed by atoms with Gasteiger partial charge in [0.25, 0.3) is 0 Å². The molecule has 3 aliphatic rings. The molecule has 1 N–H and O–H groups in total. The molecule has 6 unspecified atom stereocenters. The van der Waals surface area contributed by atoms with Gasteiger partial charge in [0.1, 0.15) is 12.2 Å². The number of rotatable bonds is 1. The van der Waals surface area contributed by atoms with Crippen LogP contribution in [0.2, 0.25) is 0 Å². The van der Waals surface area contributed by atoms with Crippen LogP contribution in [0, 0.1) is 5.92 Å². The second kappa shape index (κ2) is 11.4. The van der Waals surface area contributed by atoms with Crippen molar-refractivity contribution in [3.05, 3.63) is 48.6 Å². The van der Waals surface area contributed by atoms with Gasteiger partial charge in [-0.3, -0.25) is 0 Å². The quantitative estimate of drug-likeness (QED) is 0.476. The minimum Gasteiger partial charge on any atom is -0.456 e. The van der Waals surface area contributed by atoms with E-state index in [1.165, 1.54) is 6.08 Å². The van der Waals surface area contributed by atoms with Gasteiger partial charge in [-0.25, -0.2) is 4.79 Å². The van der Waals surface area contributed by atoms with Crippen LogP contribution in [-0.2, 0) is 23.7 Å². The Bertz CT molecular complexity index is 737. The van der Waals surface area contributed by atoms with Crippen molar-refractivity contribution < 1.29 is 28.8 Å². The Balaban J connectivity index is 1.72. The molecule has 0 aromatic carbocycles. The molecule has 3 heterocycles. The zero-order valence-electron chi connectivity index (χ0n) is 19.6. The van der Waals surface area contributed by atoms with Gasteiger partial charge in [-0.15, -0.1) is 0 Å². The van der Waals surface area contributed by atoms with Crippen LogP contribution in [0.25, 0.3) is 0 Å². The maximum atomic E-state index is 12.5. The summed E-state index contributed by atoms with van der Waals surface area (Å²) in [5, 5.41) is 10.4. The van der Waals surface area contributed by atoms with Gasteiger partial charge in [0, 0.05) is 12.5 Å². The lowest BCUT2D eigenvalue weighted by atomic mass is 9.91. The molecule has 32 heavy (non-hydrogen) atoms. The Morgan fingerprint density at radius 3 is 2.59 bits per heavy atom. The maximum Gasteiger partial charge on any atom is 0.330 e. The summed E-state index contributed by atoms with van der Waals surface area (Å²) in [5.41, 5.74) is 1.03. The Morgan fingerprint density at radius 1 is 1.06 bits per heavy atom. The topological polar surface area (TPSA) is 74.2 Å². The monoisotopic (exact) mass is 446 g/mol. The van der Waals surface area contributed by atoms with Crippen molar-refractivity contribution in [3.8, 4) is 0 Å². The Kier molecular flexibility index (Phi) is 8.88. The lowest BCUT2D eigenvalue weighted by molar-refractivity contribution is -0.166. The summed E-state index contributed by atoms with van der Waals surface area (Å²) in [5.74, 6) is -0.707. The first-order chi connectivity index (χ1) is 15.2. The molecule has 3 aliphatic heterocycles. The second-order valence-corrected chi connectivity index (χ2v) is 9.67. The van der Waals surface area contributed by atoms with Gasteiger partial charge in [-0.05, 0) is 51.9 Å². The van der Waals surface area contributed by atoms with Crippen LogP contribution in [-0.4, -0.2) is 54.0 Å². The molecule has 3 rings (SSSR count). The molecule has 6 atom stereocenters. The summed E-state index contributed by atoms with van der Waals surface area (Å²) < 4.78 is 23.5. The summed E-state index contributed by atoms with van der Waals surface area (Å²) >= 11 is 0. The van der Waals surface area contributed by atoms with Crippen molar-refractivity contribution in [1.82, 2.24) is 0 Å². The summed E-state index contributed by atoms with van der Waals surface area (Å²) in [6.07, 6.45) is 14.0. The van der Waals surface area contributed by atoms with E-state index in [9.17, 15) is 9.90 Å². The minimum absolute atomic E-state index is 0.0417. The van der Waals surface area contributed by atoms with Gasteiger partial charge in [0.2, 0.25) is 0 Å². The number of fused-ring (bicyclic) bond motifs is 2. The minimum atomic E-state index is -0.711. The van der Waals surface area contributed by atoms with E-state index in [0.29, 0.717) is 31.8 Å². The molecule has 1 saturated heterocycles. The van der Waals surface area contributed by atoms with Gasteiger partial charge in [-0.2, -0.15) is 0 Å². The summed E-state index contributed by atoms with van der Waals surface area (Å²) in [7, 11) is 0. The summed E-state index contributed by atoms with van der Waals surface area (Å²) in [6.45, 7) is 10.4. The number of aliphatic hydroxyl groups is 1. The normalized spacial score (nSPS) is 37.0. The van der Waals surface area contributed by atoms with Crippen molar-refractivity contribution in [3.63, 3.8) is 0 Å². The van der Waals surface area contributed by atoms with E-state index < -0.39 is 24.0 Å². The van der Waals surface area contributed by atoms with E-state index in [1.807, 2.05) is 19.9 Å². The van der Waals surface area contributed by atoms with Crippen LogP contribution in [0.3, 0.4) is 0 Å². The number of hydrogen-bond donors (Lipinski definition) is 1. The first kappa shape index (κ1) is 24.9. The van der Waals surface area contributed by atoms with Crippen molar-refractivity contribution in [1.29, 1.82) is 0 Å². The van der Waals surface area contributed by atoms with Gasteiger partial charge in [0.05, 0.1) is 24.9 Å². The first-order valence-corrected chi connectivity index (χ1v) is 11.7. The standard InChI is InChI=1S/C26H38O6/c1-18-14-19(2)16-22-11-6-9-21(30-22)10-7-13-25(28)31-23(12-5-8-20(27)15-18)24-17-29-26(3,4)32-24/h5-9,13,19-24,27H,1,10-12,14-17H2,2-4H3. The zero-order chi connectivity index (χ0) is 23.1. The van der Waals surface area contributed by atoms with E-state index >= 15 is 0 Å². The molecule has 0 aliphatic carbocycles. The average Bonchev–Trinajstić information content (AvgIpc) is 3.06. The van der Waals surface area contributed by atoms with Crippen LogP contribution in [0.5, 0.6) is 0 Å². The summed E-state index contributed by atoms with van der Waals surface area (Å²) in [4.78, 5) is 12.5. The van der Waals surface area contributed by atoms with Crippen molar-refractivity contribution in [2.45, 2.75) is 95.6 Å². The Hall–Kier alpha value is -1.73. The molecule has 178 valence electrons. The van der Waals surface area contributed by atoms with Gasteiger partial charge in [0.15, 0.2) is 5.79 Å². The highest BCUT2D eigenvalue weighted by atomic mass is 16.8. The number of esters is 1. The van der Waals surface area contributed by atoms with Gasteiger partial charge >= 0.3 is 5.97 Å². The Morgan fingerprint density at radius 2 is 1.84 bits per heavy atom. The number of cyclic esters (lactones) is 1. The van der Waals surface area contributed by atoms with Crippen molar-refractivity contribution in [2.24, 2.45) is 5.92 Å². The highest BCUT2D eigenvalue weighted by molar-refractivity contribution is 5.82. The SMILES string of the molecule is C=C1CC(O)C=CCC(C2COC(C)(C)O2)OC(=O)C=CCC2C=CCC(CC(C)C1)O2. The molecule has 6 nitrogen and oxygen atoms in total. The lowest BCUT2D eigenvalue weighted by Crippen LogP contribution is -2.34. The molecule has 2 bridgehead atoms. The van der Waals surface area contributed by atoms with Crippen LogP contribution in [0.1, 0.15) is 59.3 Å². The third-order valence-electron chi connectivity index (χ3n) is 5.98. The van der Waals surface area contributed by atoms with Crippen LogP contribution >= 0.6 is 0 Å². The Labute approximate surface area is 191 Å². The molecule has 0 aromatic heterocycles. The lowest BCUT2D eigenvalue weighted by Gasteiger charge is -2.28. The molecule has 0 spiro atoms. The van der Waals surface area contributed by atoms with Crippen LogP contribution in [0.4, 0.5) is 0 Å². The molecule has 0 aromatic rings. The van der Waals surface area contributed by atoms with E-state index in [1.54, 1.807) is 12.2 Å². The third-order valence-corrected chi connectivity index (χ3v) is 5.98. The van der Waals surface area contributed by atoms with E-state index in [4.69, 9.17) is 18.9 Å². The van der Waals surface area contributed by atoms with Crippen LogP contribution in [0.15, 0.2) is 48.6 Å².